The zero-order chi connectivity index (χ0) is 18.1. The van der Waals surface area contributed by atoms with Gasteiger partial charge < -0.3 is 10.1 Å². The average Bonchev–Trinajstić information content (AvgIpc) is 3.21. The SMILES string of the molecule is COc1ccc2nc(NC(=O)CSc3[nH]c4cc(C)ccc4[nH+]3)sc2c1. The summed E-state index contributed by atoms with van der Waals surface area (Å²) in [6.07, 6.45) is 0. The van der Waals surface area contributed by atoms with Crippen molar-refractivity contribution in [2.75, 3.05) is 18.2 Å². The number of thiazole rings is 1. The van der Waals surface area contributed by atoms with Gasteiger partial charge in [-0.1, -0.05) is 17.4 Å². The molecule has 132 valence electrons. The van der Waals surface area contributed by atoms with Crippen LogP contribution in [-0.4, -0.2) is 28.7 Å². The number of anilines is 1. The number of aryl methyl sites for hydroxylation is 1. The highest BCUT2D eigenvalue weighted by Crippen LogP contribution is 2.29. The Hall–Kier alpha value is -2.58. The molecule has 0 spiro atoms. The Morgan fingerprint density at radius 3 is 3.08 bits per heavy atom. The molecule has 2 heterocycles. The molecule has 0 radical (unpaired) electrons. The number of carbonyl (C=O) groups excluding carboxylic acids is 1. The summed E-state index contributed by atoms with van der Waals surface area (Å²) < 4.78 is 6.19. The van der Waals surface area contributed by atoms with Crippen molar-refractivity contribution in [2.45, 2.75) is 12.1 Å². The fourth-order valence-electron chi connectivity index (χ4n) is 2.60. The van der Waals surface area contributed by atoms with Crippen molar-refractivity contribution < 1.29 is 14.5 Å². The summed E-state index contributed by atoms with van der Waals surface area (Å²) in [4.78, 5) is 23.2. The van der Waals surface area contributed by atoms with Crippen LogP contribution in [0.15, 0.2) is 41.6 Å². The van der Waals surface area contributed by atoms with Crippen LogP contribution in [0, 0.1) is 6.92 Å². The molecule has 0 aliphatic rings. The van der Waals surface area contributed by atoms with E-state index in [9.17, 15) is 4.79 Å². The highest BCUT2D eigenvalue weighted by molar-refractivity contribution is 7.99. The Morgan fingerprint density at radius 1 is 1.35 bits per heavy atom. The fraction of sp³-hybridized carbons (Fsp3) is 0.167. The van der Waals surface area contributed by atoms with Gasteiger partial charge in [0.2, 0.25) is 5.91 Å². The number of carbonyl (C=O) groups is 1. The Balaban J connectivity index is 1.41. The molecular formula is C18H17N4O2S2+. The van der Waals surface area contributed by atoms with E-state index in [2.05, 4.69) is 32.4 Å². The number of hydrogen-bond acceptors (Lipinski definition) is 5. The van der Waals surface area contributed by atoms with Crippen molar-refractivity contribution >= 4 is 55.4 Å². The molecule has 0 saturated carbocycles. The van der Waals surface area contributed by atoms with E-state index in [4.69, 9.17) is 4.74 Å². The topological polar surface area (TPSA) is 81.1 Å². The first-order valence-electron chi connectivity index (χ1n) is 7.99. The van der Waals surface area contributed by atoms with Gasteiger partial charge in [0, 0.05) is 0 Å². The van der Waals surface area contributed by atoms with E-state index in [1.807, 2.05) is 31.2 Å². The standard InChI is InChI=1S/C18H16N4O2S2/c1-10-3-5-12-14(7-10)21-17(19-12)25-9-16(23)22-18-20-13-6-4-11(24-2)8-15(13)26-18/h3-8H,9H2,1-2H3,(H,19,21)(H,20,22,23)/p+1. The van der Waals surface area contributed by atoms with Crippen LogP contribution in [0.4, 0.5) is 5.13 Å². The second kappa shape index (κ2) is 6.97. The smallest absolute Gasteiger partial charge is 0.315 e. The van der Waals surface area contributed by atoms with Crippen LogP contribution >= 0.6 is 23.1 Å². The van der Waals surface area contributed by atoms with Crippen LogP contribution in [0.2, 0.25) is 0 Å². The third-order valence-electron chi connectivity index (χ3n) is 3.86. The highest BCUT2D eigenvalue weighted by Gasteiger charge is 2.14. The van der Waals surface area contributed by atoms with Crippen LogP contribution < -0.4 is 15.0 Å². The van der Waals surface area contributed by atoms with Crippen molar-refractivity contribution in [3.63, 3.8) is 0 Å². The summed E-state index contributed by atoms with van der Waals surface area (Å²) in [5, 5.41) is 4.31. The molecule has 6 nitrogen and oxygen atoms in total. The maximum absolute atomic E-state index is 12.2. The number of benzene rings is 2. The molecule has 1 amide bonds. The van der Waals surface area contributed by atoms with E-state index in [1.54, 1.807) is 7.11 Å². The Kier molecular flexibility index (Phi) is 4.52. The number of aromatic amines is 2. The third kappa shape index (κ3) is 3.51. The number of ether oxygens (including phenoxy) is 1. The molecule has 4 rings (SSSR count). The number of thioether (sulfide) groups is 1. The predicted molar refractivity (Wildman–Crippen MR) is 105 cm³/mol. The number of amides is 1. The molecule has 3 N–H and O–H groups in total. The Labute approximate surface area is 158 Å². The largest absolute Gasteiger partial charge is 0.497 e. The van der Waals surface area contributed by atoms with Gasteiger partial charge in [-0.15, -0.1) is 0 Å². The van der Waals surface area contributed by atoms with Gasteiger partial charge in [0.15, 0.2) is 16.2 Å². The lowest BCUT2D eigenvalue weighted by Crippen LogP contribution is -2.15. The van der Waals surface area contributed by atoms with Gasteiger partial charge in [-0.2, -0.15) is 0 Å². The highest BCUT2D eigenvalue weighted by atomic mass is 32.2. The van der Waals surface area contributed by atoms with Crippen molar-refractivity contribution in [1.29, 1.82) is 0 Å². The summed E-state index contributed by atoms with van der Waals surface area (Å²) in [5.41, 5.74) is 4.10. The molecule has 0 bridgehead atoms. The van der Waals surface area contributed by atoms with Crippen molar-refractivity contribution in [1.82, 2.24) is 9.97 Å². The van der Waals surface area contributed by atoms with E-state index in [-0.39, 0.29) is 5.91 Å². The molecular weight excluding hydrogens is 368 g/mol. The Bertz CT molecular complexity index is 1100. The van der Waals surface area contributed by atoms with Crippen molar-refractivity contribution in [3.8, 4) is 5.75 Å². The molecule has 4 aromatic rings. The van der Waals surface area contributed by atoms with E-state index in [0.29, 0.717) is 10.9 Å². The number of fused-ring (bicyclic) bond motifs is 2. The number of nitrogens with one attached hydrogen (secondary N) is 3. The molecule has 0 unspecified atom stereocenters. The number of rotatable bonds is 5. The van der Waals surface area contributed by atoms with Crippen molar-refractivity contribution in [3.05, 3.63) is 42.0 Å². The Morgan fingerprint density at radius 2 is 2.23 bits per heavy atom. The number of imidazole rings is 1. The number of aromatic nitrogens is 3. The van der Waals surface area contributed by atoms with Gasteiger partial charge in [-0.05, 0) is 54.6 Å². The minimum Gasteiger partial charge on any atom is -0.497 e. The van der Waals surface area contributed by atoms with Gasteiger partial charge in [0.1, 0.15) is 5.75 Å². The zero-order valence-corrected chi connectivity index (χ0v) is 15.9. The lowest BCUT2D eigenvalue weighted by atomic mass is 10.2. The molecule has 8 heteroatoms. The lowest BCUT2D eigenvalue weighted by Gasteiger charge is -1.97. The van der Waals surface area contributed by atoms with Crippen LogP contribution in [0.3, 0.4) is 0 Å². The first-order valence-corrected chi connectivity index (χ1v) is 9.80. The second-order valence-corrected chi connectivity index (χ2v) is 7.83. The van der Waals surface area contributed by atoms with E-state index in [0.717, 1.165) is 32.2 Å². The predicted octanol–water partition coefficient (Wildman–Crippen LogP) is 3.64. The molecule has 26 heavy (non-hydrogen) atoms. The van der Waals surface area contributed by atoms with E-state index in [1.165, 1.54) is 28.7 Å². The molecule has 0 aliphatic carbocycles. The number of hydrogen-bond donors (Lipinski definition) is 2. The van der Waals surface area contributed by atoms with E-state index < -0.39 is 0 Å². The fourth-order valence-corrected chi connectivity index (χ4v) is 4.22. The summed E-state index contributed by atoms with van der Waals surface area (Å²) in [6.45, 7) is 2.05. The molecule has 0 atom stereocenters. The summed E-state index contributed by atoms with van der Waals surface area (Å²) in [6, 6.07) is 11.8. The van der Waals surface area contributed by atoms with Crippen LogP contribution in [0.5, 0.6) is 5.75 Å². The van der Waals surface area contributed by atoms with Gasteiger partial charge in [0.05, 0.1) is 23.1 Å². The van der Waals surface area contributed by atoms with Crippen LogP contribution in [-0.2, 0) is 4.79 Å². The number of H-pyrrole nitrogens is 2. The maximum atomic E-state index is 12.2. The minimum atomic E-state index is -0.0933. The van der Waals surface area contributed by atoms with Crippen molar-refractivity contribution in [2.24, 2.45) is 0 Å². The number of nitrogens with zero attached hydrogens (tertiary/aromatic N) is 1. The minimum absolute atomic E-state index is 0.0933. The third-order valence-corrected chi connectivity index (χ3v) is 5.69. The average molecular weight is 385 g/mol. The lowest BCUT2D eigenvalue weighted by molar-refractivity contribution is -0.396. The summed E-state index contributed by atoms with van der Waals surface area (Å²) in [7, 11) is 1.63. The van der Waals surface area contributed by atoms with Gasteiger partial charge >= 0.3 is 5.16 Å². The second-order valence-electron chi connectivity index (χ2n) is 5.82. The van der Waals surface area contributed by atoms with Gasteiger partial charge in [-0.3, -0.25) is 4.79 Å². The number of methoxy groups -OCH3 is 1. The normalized spacial score (nSPS) is 11.2. The molecule has 0 aliphatic heterocycles. The first-order chi connectivity index (χ1) is 12.6. The maximum Gasteiger partial charge on any atom is 0.315 e. The molecule has 2 aromatic heterocycles. The van der Waals surface area contributed by atoms with Gasteiger partial charge in [-0.25, -0.2) is 15.0 Å². The molecule has 0 saturated heterocycles. The van der Waals surface area contributed by atoms with Gasteiger partial charge in [0.25, 0.3) is 0 Å². The first kappa shape index (κ1) is 16.9. The molecule has 2 aromatic carbocycles. The quantitative estimate of drug-likeness (QED) is 0.514. The molecule has 0 fully saturated rings. The van der Waals surface area contributed by atoms with Crippen LogP contribution in [0.25, 0.3) is 21.3 Å². The zero-order valence-electron chi connectivity index (χ0n) is 14.3. The monoisotopic (exact) mass is 385 g/mol. The summed E-state index contributed by atoms with van der Waals surface area (Å²) >= 11 is 2.86. The van der Waals surface area contributed by atoms with Crippen LogP contribution in [0.1, 0.15) is 5.56 Å². The van der Waals surface area contributed by atoms with E-state index >= 15 is 0 Å². The summed E-state index contributed by atoms with van der Waals surface area (Å²) in [5.74, 6) is 0.977.